The topological polar surface area (TPSA) is 48.2 Å². The molecule has 7 aromatic rings. The molecule has 0 unspecified atom stereocenters. The standard InChI is InChI=1S/C42H30N2O2/c1-41(2)31-17-6-7-18-33(31)42(34-19-8-10-21-37(34)45-38-22-11-9-20-35(38)42)36-26-29(23-24-32(36)41)28-15-12-16-30(25-28)40-44-43-39(46-40)27-13-4-3-5-14-27/h3-26H,1-2H3. The predicted molar refractivity (Wildman–Crippen MR) is 181 cm³/mol. The quantitative estimate of drug-likeness (QED) is 0.204. The molecule has 0 fully saturated rings. The molecule has 4 nitrogen and oxygen atoms in total. The van der Waals surface area contributed by atoms with Gasteiger partial charge in [0.15, 0.2) is 0 Å². The first-order valence-corrected chi connectivity index (χ1v) is 15.7. The van der Waals surface area contributed by atoms with Gasteiger partial charge in [-0.3, -0.25) is 0 Å². The minimum atomic E-state index is -0.558. The molecule has 46 heavy (non-hydrogen) atoms. The summed E-state index contributed by atoms with van der Waals surface area (Å²) in [7, 11) is 0. The van der Waals surface area contributed by atoms with Gasteiger partial charge < -0.3 is 9.15 Å². The number of fused-ring (bicyclic) bond motifs is 8. The Morgan fingerprint density at radius 1 is 0.413 bits per heavy atom. The van der Waals surface area contributed by atoms with E-state index < -0.39 is 5.41 Å². The molecule has 0 saturated carbocycles. The molecule has 1 aliphatic heterocycles. The Labute approximate surface area is 268 Å². The summed E-state index contributed by atoms with van der Waals surface area (Å²) in [6.45, 7) is 4.68. The Morgan fingerprint density at radius 3 is 1.65 bits per heavy atom. The minimum Gasteiger partial charge on any atom is -0.457 e. The van der Waals surface area contributed by atoms with Crippen LogP contribution in [-0.4, -0.2) is 10.2 Å². The molecule has 0 radical (unpaired) electrons. The van der Waals surface area contributed by atoms with Crippen LogP contribution >= 0.6 is 0 Å². The predicted octanol–water partition coefficient (Wildman–Crippen LogP) is 10.2. The lowest BCUT2D eigenvalue weighted by molar-refractivity contribution is 0.425. The smallest absolute Gasteiger partial charge is 0.248 e. The van der Waals surface area contributed by atoms with Gasteiger partial charge in [0, 0.05) is 27.7 Å². The molecule has 4 heteroatoms. The number of hydrogen-bond acceptors (Lipinski definition) is 4. The van der Waals surface area contributed by atoms with E-state index in [0.29, 0.717) is 11.8 Å². The number of benzene rings is 6. The van der Waals surface area contributed by atoms with Crippen LogP contribution in [0.2, 0.25) is 0 Å². The summed E-state index contributed by atoms with van der Waals surface area (Å²) in [5, 5.41) is 8.73. The van der Waals surface area contributed by atoms with E-state index in [0.717, 1.165) is 44.9 Å². The van der Waals surface area contributed by atoms with Gasteiger partial charge in [-0.25, -0.2) is 0 Å². The Morgan fingerprint density at radius 2 is 0.935 bits per heavy atom. The van der Waals surface area contributed by atoms with Crippen molar-refractivity contribution < 1.29 is 9.15 Å². The lowest BCUT2D eigenvalue weighted by Crippen LogP contribution is -2.43. The van der Waals surface area contributed by atoms with Gasteiger partial charge in [-0.2, -0.15) is 0 Å². The molecule has 2 heterocycles. The summed E-state index contributed by atoms with van der Waals surface area (Å²) in [6.07, 6.45) is 0. The van der Waals surface area contributed by atoms with E-state index in [1.807, 2.05) is 36.4 Å². The molecule has 6 aromatic carbocycles. The van der Waals surface area contributed by atoms with Crippen molar-refractivity contribution in [1.82, 2.24) is 10.2 Å². The van der Waals surface area contributed by atoms with E-state index >= 15 is 0 Å². The SMILES string of the molecule is CC1(C)c2ccccc2C2(c3ccccc3Oc3ccccc32)c2cc(-c3cccc(-c4nnc(-c5ccccc5)o4)c3)ccc21. The number of para-hydroxylation sites is 2. The molecular weight excluding hydrogens is 564 g/mol. The van der Waals surface area contributed by atoms with Gasteiger partial charge >= 0.3 is 0 Å². The van der Waals surface area contributed by atoms with Crippen LogP contribution in [0.3, 0.4) is 0 Å². The van der Waals surface area contributed by atoms with Crippen LogP contribution in [0.5, 0.6) is 11.5 Å². The zero-order valence-electron chi connectivity index (χ0n) is 25.6. The molecule has 0 atom stereocenters. The van der Waals surface area contributed by atoms with Gasteiger partial charge in [0.1, 0.15) is 11.5 Å². The zero-order chi connectivity index (χ0) is 30.9. The number of rotatable bonds is 3. The first kappa shape index (κ1) is 26.6. The Bertz CT molecular complexity index is 2240. The fraction of sp³-hybridized carbons (Fsp3) is 0.0952. The summed E-state index contributed by atoms with van der Waals surface area (Å²) in [5.41, 5.74) is 10.7. The number of ether oxygens (including phenoxy) is 1. The number of nitrogens with zero attached hydrogens (tertiary/aromatic N) is 2. The van der Waals surface area contributed by atoms with Crippen LogP contribution in [0.15, 0.2) is 150 Å². The number of aromatic nitrogens is 2. The van der Waals surface area contributed by atoms with Crippen molar-refractivity contribution in [2.75, 3.05) is 0 Å². The van der Waals surface area contributed by atoms with E-state index in [2.05, 4.69) is 133 Å². The van der Waals surface area contributed by atoms with E-state index in [4.69, 9.17) is 9.15 Å². The van der Waals surface area contributed by atoms with Crippen molar-refractivity contribution in [3.63, 3.8) is 0 Å². The molecule has 220 valence electrons. The minimum absolute atomic E-state index is 0.211. The molecular formula is C42H30N2O2. The second-order valence-corrected chi connectivity index (χ2v) is 12.6. The molecule has 0 N–H and O–H groups in total. The van der Waals surface area contributed by atoms with Gasteiger partial charge in [-0.05, 0) is 75.8 Å². The Hall–Kier alpha value is -5.74. The van der Waals surface area contributed by atoms with Crippen molar-refractivity contribution >= 4 is 0 Å². The fourth-order valence-corrected chi connectivity index (χ4v) is 7.67. The first-order valence-electron chi connectivity index (χ1n) is 15.7. The van der Waals surface area contributed by atoms with Gasteiger partial charge in [-0.15, -0.1) is 10.2 Å². The van der Waals surface area contributed by atoms with E-state index in [1.165, 1.54) is 22.3 Å². The Kier molecular flexibility index (Phi) is 5.72. The van der Waals surface area contributed by atoms with Crippen molar-refractivity contribution in [2.45, 2.75) is 24.7 Å². The third kappa shape index (κ3) is 3.73. The van der Waals surface area contributed by atoms with Crippen molar-refractivity contribution in [3.05, 3.63) is 179 Å². The largest absolute Gasteiger partial charge is 0.457 e. The summed E-state index contributed by atoms with van der Waals surface area (Å²) in [6, 6.07) is 51.2. The summed E-state index contributed by atoms with van der Waals surface area (Å²) in [5.74, 6) is 2.78. The van der Waals surface area contributed by atoms with E-state index in [-0.39, 0.29) is 5.41 Å². The molecule has 9 rings (SSSR count). The highest BCUT2D eigenvalue weighted by molar-refractivity contribution is 5.79. The highest BCUT2D eigenvalue weighted by Crippen LogP contribution is 2.61. The lowest BCUT2D eigenvalue weighted by atomic mass is 9.53. The third-order valence-electron chi connectivity index (χ3n) is 9.79. The number of hydrogen-bond donors (Lipinski definition) is 0. The molecule has 0 amide bonds. The average Bonchev–Trinajstić information content (AvgIpc) is 3.61. The molecule has 0 bridgehead atoms. The van der Waals surface area contributed by atoms with Crippen LogP contribution in [0, 0.1) is 0 Å². The second-order valence-electron chi connectivity index (χ2n) is 12.6. The first-order chi connectivity index (χ1) is 22.5. The van der Waals surface area contributed by atoms with Crippen LogP contribution in [0.25, 0.3) is 34.0 Å². The highest BCUT2D eigenvalue weighted by atomic mass is 16.5. The molecule has 1 spiro atoms. The van der Waals surface area contributed by atoms with Crippen molar-refractivity contribution in [3.8, 4) is 45.5 Å². The maximum absolute atomic E-state index is 6.58. The van der Waals surface area contributed by atoms with Crippen LogP contribution < -0.4 is 4.74 Å². The highest BCUT2D eigenvalue weighted by Gasteiger charge is 2.52. The van der Waals surface area contributed by atoms with Gasteiger partial charge in [0.2, 0.25) is 11.8 Å². The maximum Gasteiger partial charge on any atom is 0.248 e. The van der Waals surface area contributed by atoms with Crippen molar-refractivity contribution in [2.24, 2.45) is 0 Å². The third-order valence-corrected chi connectivity index (χ3v) is 9.79. The monoisotopic (exact) mass is 594 g/mol. The lowest BCUT2D eigenvalue weighted by Gasteiger charge is -2.50. The fourth-order valence-electron chi connectivity index (χ4n) is 7.67. The maximum atomic E-state index is 6.58. The molecule has 0 saturated heterocycles. The average molecular weight is 595 g/mol. The summed E-state index contributed by atoms with van der Waals surface area (Å²) < 4.78 is 12.7. The van der Waals surface area contributed by atoms with Gasteiger partial charge in [0.25, 0.3) is 0 Å². The zero-order valence-corrected chi connectivity index (χ0v) is 25.6. The second kappa shape index (κ2) is 9.88. The van der Waals surface area contributed by atoms with E-state index in [1.54, 1.807) is 0 Å². The molecule has 1 aromatic heterocycles. The summed E-state index contributed by atoms with van der Waals surface area (Å²) in [4.78, 5) is 0. The Balaban J connectivity index is 1.27. The van der Waals surface area contributed by atoms with Crippen LogP contribution in [-0.2, 0) is 10.8 Å². The van der Waals surface area contributed by atoms with Crippen molar-refractivity contribution in [1.29, 1.82) is 0 Å². The summed E-state index contributed by atoms with van der Waals surface area (Å²) >= 11 is 0. The van der Waals surface area contributed by atoms with Gasteiger partial charge in [-0.1, -0.05) is 117 Å². The van der Waals surface area contributed by atoms with E-state index in [9.17, 15) is 0 Å². The molecule has 1 aliphatic carbocycles. The van der Waals surface area contributed by atoms with Gasteiger partial charge in [0.05, 0.1) is 5.41 Å². The van der Waals surface area contributed by atoms with Crippen LogP contribution in [0.4, 0.5) is 0 Å². The molecule has 2 aliphatic rings. The van der Waals surface area contributed by atoms with Crippen LogP contribution in [0.1, 0.15) is 47.2 Å². The normalized spacial score (nSPS) is 14.8.